The average molecular weight is 415 g/mol. The van der Waals surface area contributed by atoms with E-state index in [-0.39, 0.29) is 5.75 Å². The summed E-state index contributed by atoms with van der Waals surface area (Å²) < 4.78 is 2.05. The van der Waals surface area contributed by atoms with Crippen LogP contribution in [-0.2, 0) is 0 Å². The molecule has 1 aromatic heterocycles. The third-order valence-corrected chi connectivity index (χ3v) is 3.82. The number of halogens is 2. The highest BCUT2D eigenvalue weighted by atomic mass is 127. The minimum absolute atomic E-state index is 0.230. The number of aromatic nitrogens is 2. The summed E-state index contributed by atoms with van der Waals surface area (Å²) in [4.78, 5) is 7.70. The smallest absolute Gasteiger partial charge is 0.142 e. The lowest BCUT2D eigenvalue weighted by Gasteiger charge is -2.01. The number of H-pyrrole nitrogens is 1. The topological polar surface area (TPSA) is 48.9 Å². The minimum Gasteiger partial charge on any atom is -0.507 e. The number of fused-ring (bicyclic) bond motifs is 1. The van der Waals surface area contributed by atoms with Crippen molar-refractivity contribution in [2.24, 2.45) is 0 Å². The molecule has 0 bridgehead atoms. The molecule has 18 heavy (non-hydrogen) atoms. The Balaban J connectivity index is 2.22. The first-order chi connectivity index (χ1) is 8.63. The predicted molar refractivity (Wildman–Crippen MR) is 83.6 cm³/mol. The molecule has 0 fully saturated rings. The minimum atomic E-state index is 0.230. The van der Waals surface area contributed by atoms with Crippen LogP contribution in [0.15, 0.2) is 40.9 Å². The van der Waals surface area contributed by atoms with E-state index in [1.807, 2.05) is 30.3 Å². The van der Waals surface area contributed by atoms with Gasteiger partial charge in [0.1, 0.15) is 11.6 Å². The Labute approximate surface area is 126 Å². The maximum absolute atomic E-state index is 9.90. The van der Waals surface area contributed by atoms with Crippen LogP contribution in [0, 0.1) is 3.57 Å². The molecule has 0 aliphatic heterocycles. The van der Waals surface area contributed by atoms with Gasteiger partial charge in [0.05, 0.1) is 16.6 Å². The monoisotopic (exact) mass is 414 g/mol. The number of rotatable bonds is 1. The zero-order chi connectivity index (χ0) is 12.7. The van der Waals surface area contributed by atoms with Crippen molar-refractivity contribution in [2.45, 2.75) is 0 Å². The molecule has 1 heterocycles. The fraction of sp³-hybridized carbons (Fsp3) is 0. The van der Waals surface area contributed by atoms with Gasteiger partial charge >= 0.3 is 0 Å². The third-order valence-electron chi connectivity index (χ3n) is 2.66. The van der Waals surface area contributed by atoms with Gasteiger partial charge in [0.25, 0.3) is 0 Å². The highest BCUT2D eigenvalue weighted by molar-refractivity contribution is 14.1. The van der Waals surface area contributed by atoms with Crippen molar-refractivity contribution in [1.29, 1.82) is 0 Å². The van der Waals surface area contributed by atoms with Gasteiger partial charge in [-0.15, -0.1) is 0 Å². The number of nitrogens with zero attached hydrogens (tertiary/aromatic N) is 1. The van der Waals surface area contributed by atoms with Crippen molar-refractivity contribution in [3.8, 4) is 17.1 Å². The van der Waals surface area contributed by atoms with Gasteiger partial charge in [0, 0.05) is 8.04 Å². The number of phenolic OH excluding ortho intramolecular Hbond substituents is 1. The quantitative estimate of drug-likeness (QED) is 0.583. The van der Waals surface area contributed by atoms with Crippen molar-refractivity contribution in [2.75, 3.05) is 0 Å². The Hall–Kier alpha value is -1.08. The first-order valence-corrected chi connectivity index (χ1v) is 7.15. The zero-order valence-corrected chi connectivity index (χ0v) is 12.9. The fourth-order valence-electron chi connectivity index (χ4n) is 1.81. The highest BCUT2D eigenvalue weighted by Gasteiger charge is 2.10. The summed E-state index contributed by atoms with van der Waals surface area (Å²) in [5.41, 5.74) is 2.54. The summed E-state index contributed by atoms with van der Waals surface area (Å²) in [6.45, 7) is 0. The molecular weight excluding hydrogens is 407 g/mol. The number of benzene rings is 2. The number of hydrogen-bond acceptors (Lipinski definition) is 2. The van der Waals surface area contributed by atoms with Crippen LogP contribution in [0.1, 0.15) is 0 Å². The molecule has 0 aliphatic carbocycles. The van der Waals surface area contributed by atoms with Gasteiger partial charge in [-0.05, 0) is 59.0 Å². The van der Waals surface area contributed by atoms with Crippen molar-refractivity contribution < 1.29 is 5.11 Å². The number of phenols is 1. The maximum atomic E-state index is 9.90. The molecule has 3 aromatic rings. The van der Waals surface area contributed by atoms with Crippen LogP contribution >= 0.6 is 38.5 Å². The van der Waals surface area contributed by atoms with Gasteiger partial charge < -0.3 is 10.1 Å². The van der Waals surface area contributed by atoms with E-state index in [0.717, 1.165) is 19.1 Å². The molecule has 2 aromatic carbocycles. The largest absolute Gasteiger partial charge is 0.507 e. The Morgan fingerprint density at radius 2 is 2.00 bits per heavy atom. The van der Waals surface area contributed by atoms with Crippen LogP contribution in [0.2, 0.25) is 0 Å². The molecule has 0 radical (unpaired) electrons. The summed E-state index contributed by atoms with van der Waals surface area (Å²) in [5, 5.41) is 9.90. The summed E-state index contributed by atoms with van der Waals surface area (Å²) >= 11 is 5.64. The van der Waals surface area contributed by atoms with Crippen molar-refractivity contribution >= 4 is 49.6 Å². The molecule has 0 unspecified atom stereocenters. The molecular formula is C13H8BrIN2O. The lowest BCUT2D eigenvalue weighted by molar-refractivity contribution is 0.477. The van der Waals surface area contributed by atoms with Gasteiger partial charge in [0.15, 0.2) is 0 Å². The van der Waals surface area contributed by atoms with Crippen molar-refractivity contribution in [1.82, 2.24) is 9.97 Å². The number of aromatic amines is 1. The Morgan fingerprint density at radius 1 is 1.17 bits per heavy atom. The second-order valence-electron chi connectivity index (χ2n) is 3.91. The molecule has 3 rings (SSSR count). The molecule has 0 atom stereocenters. The standard InChI is InChI=1S/C13H8BrIN2O/c14-7-1-3-10-11(5-7)17-13(16-10)9-6-8(15)2-4-12(9)18/h1-6,18H,(H,16,17). The number of aromatic hydroxyl groups is 1. The molecule has 0 spiro atoms. The van der Waals surface area contributed by atoms with E-state index in [1.54, 1.807) is 6.07 Å². The summed E-state index contributed by atoms with van der Waals surface area (Å²) in [6.07, 6.45) is 0. The summed E-state index contributed by atoms with van der Waals surface area (Å²) in [6, 6.07) is 11.3. The van der Waals surface area contributed by atoms with Crippen LogP contribution in [-0.4, -0.2) is 15.1 Å². The van der Waals surface area contributed by atoms with Gasteiger partial charge in [-0.25, -0.2) is 4.98 Å². The van der Waals surface area contributed by atoms with E-state index in [1.165, 1.54) is 0 Å². The molecule has 5 heteroatoms. The molecule has 3 nitrogen and oxygen atoms in total. The van der Waals surface area contributed by atoms with Gasteiger partial charge in [-0.3, -0.25) is 0 Å². The zero-order valence-electron chi connectivity index (χ0n) is 9.11. The van der Waals surface area contributed by atoms with Crippen LogP contribution in [0.4, 0.5) is 0 Å². The second-order valence-corrected chi connectivity index (χ2v) is 6.07. The first kappa shape index (κ1) is 12.0. The summed E-state index contributed by atoms with van der Waals surface area (Å²) in [5.74, 6) is 0.910. The Bertz CT molecular complexity index is 739. The highest BCUT2D eigenvalue weighted by Crippen LogP contribution is 2.30. The van der Waals surface area contributed by atoms with Crippen LogP contribution in [0.25, 0.3) is 22.4 Å². The molecule has 2 N–H and O–H groups in total. The maximum Gasteiger partial charge on any atom is 0.142 e. The van der Waals surface area contributed by atoms with Crippen LogP contribution < -0.4 is 0 Å². The molecule has 90 valence electrons. The predicted octanol–water partition coefficient (Wildman–Crippen LogP) is 4.30. The average Bonchev–Trinajstić information content (AvgIpc) is 2.74. The molecule has 0 saturated carbocycles. The van der Waals surface area contributed by atoms with Crippen LogP contribution in [0.5, 0.6) is 5.75 Å². The van der Waals surface area contributed by atoms with E-state index in [9.17, 15) is 5.11 Å². The SMILES string of the molecule is Oc1ccc(I)cc1-c1nc2ccc(Br)cc2[nH]1. The van der Waals surface area contributed by atoms with Crippen molar-refractivity contribution in [3.05, 3.63) is 44.4 Å². The molecule has 0 amide bonds. The van der Waals surface area contributed by atoms with E-state index >= 15 is 0 Å². The molecule has 0 saturated heterocycles. The number of imidazole rings is 1. The van der Waals surface area contributed by atoms with E-state index in [0.29, 0.717) is 11.4 Å². The van der Waals surface area contributed by atoms with Gasteiger partial charge in [-0.1, -0.05) is 15.9 Å². The second kappa shape index (κ2) is 4.55. The fourth-order valence-corrected chi connectivity index (χ4v) is 2.66. The number of nitrogens with one attached hydrogen (secondary N) is 1. The Kier molecular flexibility index (Phi) is 3.03. The summed E-state index contributed by atoms with van der Waals surface area (Å²) in [7, 11) is 0. The Morgan fingerprint density at radius 3 is 2.83 bits per heavy atom. The van der Waals surface area contributed by atoms with Crippen molar-refractivity contribution in [3.63, 3.8) is 0 Å². The number of hydrogen-bond donors (Lipinski definition) is 2. The lowest BCUT2D eigenvalue weighted by atomic mass is 10.2. The van der Waals surface area contributed by atoms with E-state index < -0.39 is 0 Å². The van der Waals surface area contributed by atoms with Gasteiger partial charge in [-0.2, -0.15) is 0 Å². The molecule has 0 aliphatic rings. The normalized spacial score (nSPS) is 11.0. The van der Waals surface area contributed by atoms with Gasteiger partial charge in [0.2, 0.25) is 0 Å². The first-order valence-electron chi connectivity index (χ1n) is 5.27. The third kappa shape index (κ3) is 2.12. The lowest BCUT2D eigenvalue weighted by Crippen LogP contribution is -1.82. The van der Waals surface area contributed by atoms with E-state index in [4.69, 9.17) is 0 Å². The van der Waals surface area contributed by atoms with Crippen LogP contribution in [0.3, 0.4) is 0 Å². The van der Waals surface area contributed by atoms with E-state index in [2.05, 4.69) is 48.5 Å².